The highest BCUT2D eigenvalue weighted by molar-refractivity contribution is 7.89. The van der Waals surface area contributed by atoms with Crippen LogP contribution < -0.4 is 10.2 Å². The second-order valence-corrected chi connectivity index (χ2v) is 9.91. The summed E-state index contributed by atoms with van der Waals surface area (Å²) < 4.78 is 26.9. The molecule has 1 aromatic carbocycles. The second-order valence-electron chi connectivity index (χ2n) is 7.97. The highest BCUT2D eigenvalue weighted by Gasteiger charge is 2.28. The van der Waals surface area contributed by atoms with Crippen molar-refractivity contribution in [2.45, 2.75) is 38.0 Å². The van der Waals surface area contributed by atoms with Gasteiger partial charge in [-0.25, -0.2) is 8.42 Å². The van der Waals surface area contributed by atoms with Crippen LogP contribution in [0.1, 0.15) is 33.1 Å². The van der Waals surface area contributed by atoms with E-state index in [1.165, 1.54) is 15.6 Å². The highest BCUT2D eigenvalue weighted by Crippen LogP contribution is 2.23. The van der Waals surface area contributed by atoms with Gasteiger partial charge in [-0.2, -0.15) is 4.31 Å². The van der Waals surface area contributed by atoms with Crippen LogP contribution in [-0.2, 0) is 14.8 Å². The van der Waals surface area contributed by atoms with Crippen LogP contribution in [0.25, 0.3) is 0 Å². The number of nitrogens with one attached hydrogen (secondary N) is 2. The topological polar surface area (TPSA) is 70.9 Å². The van der Waals surface area contributed by atoms with Crippen LogP contribution in [0.2, 0.25) is 0 Å². The van der Waals surface area contributed by atoms with E-state index in [-0.39, 0.29) is 10.8 Å². The molecule has 0 radical (unpaired) electrons. The fourth-order valence-corrected chi connectivity index (χ4v) is 5.87. The first-order chi connectivity index (χ1) is 12.3. The SMILES string of the molecule is C[C@@H]1C[C@H](C)C[NH+](CC(=O)Nc2cccc(S(=O)(=O)N3CCCC3)c2)C1. The quantitative estimate of drug-likeness (QED) is 0.800. The van der Waals surface area contributed by atoms with Gasteiger partial charge in [-0.05, 0) is 37.5 Å². The molecule has 2 N–H and O–H groups in total. The number of carbonyl (C=O) groups excluding carboxylic acids is 1. The molecule has 6 nitrogen and oxygen atoms in total. The number of nitrogens with zero attached hydrogens (tertiary/aromatic N) is 1. The summed E-state index contributed by atoms with van der Waals surface area (Å²) >= 11 is 0. The zero-order chi connectivity index (χ0) is 18.7. The van der Waals surface area contributed by atoms with Crippen LogP contribution in [0.3, 0.4) is 0 Å². The summed E-state index contributed by atoms with van der Waals surface area (Å²) in [4.78, 5) is 14.0. The number of hydrogen-bond acceptors (Lipinski definition) is 3. The lowest BCUT2D eigenvalue weighted by molar-refractivity contribution is -0.904. The second kappa shape index (κ2) is 8.06. The Morgan fingerprint density at radius 2 is 1.85 bits per heavy atom. The van der Waals surface area contributed by atoms with Gasteiger partial charge in [0.15, 0.2) is 6.54 Å². The van der Waals surface area contributed by atoms with Crippen molar-refractivity contribution in [2.75, 3.05) is 38.0 Å². The third-order valence-electron chi connectivity index (χ3n) is 5.31. The van der Waals surface area contributed by atoms with Gasteiger partial charge >= 0.3 is 0 Å². The summed E-state index contributed by atoms with van der Waals surface area (Å²) in [5.74, 6) is 1.21. The maximum atomic E-state index is 12.7. The maximum absolute atomic E-state index is 12.7. The van der Waals surface area contributed by atoms with Crippen molar-refractivity contribution in [3.8, 4) is 0 Å². The molecule has 2 fully saturated rings. The van der Waals surface area contributed by atoms with Gasteiger partial charge in [0.1, 0.15) is 0 Å². The van der Waals surface area contributed by atoms with Crippen LogP contribution >= 0.6 is 0 Å². The largest absolute Gasteiger partial charge is 0.327 e. The summed E-state index contributed by atoms with van der Waals surface area (Å²) in [5.41, 5.74) is 0.549. The molecule has 3 rings (SSSR count). The number of likely N-dealkylation sites (tertiary alicyclic amines) is 1. The standard InChI is InChI=1S/C19H29N3O3S/c1-15-10-16(2)13-21(12-15)14-19(23)20-17-6-5-7-18(11-17)26(24,25)22-8-3-4-9-22/h5-7,11,15-16H,3-4,8-10,12-14H2,1-2H3,(H,20,23)/p+1/t15-,16+. The Labute approximate surface area is 156 Å². The molecule has 0 aliphatic carbocycles. The molecule has 3 atom stereocenters. The van der Waals surface area contributed by atoms with Crippen molar-refractivity contribution in [3.63, 3.8) is 0 Å². The minimum absolute atomic E-state index is 0.0583. The van der Waals surface area contributed by atoms with Crippen LogP contribution in [-0.4, -0.2) is 51.4 Å². The molecule has 2 heterocycles. The first-order valence-corrected chi connectivity index (χ1v) is 11.0. The highest BCUT2D eigenvalue weighted by atomic mass is 32.2. The molecule has 1 amide bonds. The Hall–Kier alpha value is -1.44. The van der Waals surface area contributed by atoms with Crippen molar-refractivity contribution in [1.29, 1.82) is 0 Å². The first-order valence-electron chi connectivity index (χ1n) is 9.58. The van der Waals surface area contributed by atoms with E-state index < -0.39 is 10.0 Å². The molecule has 0 spiro atoms. The summed E-state index contributed by atoms with van der Waals surface area (Å²) in [6.07, 6.45) is 3.04. The molecule has 2 aliphatic rings. The van der Waals surface area contributed by atoms with Gasteiger partial charge in [0.2, 0.25) is 10.0 Å². The van der Waals surface area contributed by atoms with Gasteiger partial charge in [-0.15, -0.1) is 0 Å². The Morgan fingerprint density at radius 3 is 2.50 bits per heavy atom. The molecule has 2 aliphatic heterocycles. The molecule has 7 heteroatoms. The van der Waals surface area contributed by atoms with Crippen molar-refractivity contribution in [2.24, 2.45) is 11.8 Å². The van der Waals surface area contributed by atoms with E-state index >= 15 is 0 Å². The average molecular weight is 381 g/mol. The zero-order valence-electron chi connectivity index (χ0n) is 15.7. The monoisotopic (exact) mass is 380 g/mol. The van der Waals surface area contributed by atoms with E-state index in [1.54, 1.807) is 24.3 Å². The van der Waals surface area contributed by atoms with Crippen molar-refractivity contribution >= 4 is 21.6 Å². The van der Waals surface area contributed by atoms with Gasteiger partial charge < -0.3 is 10.2 Å². The third kappa shape index (κ3) is 4.64. The molecule has 26 heavy (non-hydrogen) atoms. The van der Waals surface area contributed by atoms with Gasteiger partial charge in [-0.1, -0.05) is 19.9 Å². The van der Waals surface area contributed by atoms with E-state index in [1.807, 2.05) is 0 Å². The Balaban J connectivity index is 1.64. The number of quaternary nitrogens is 1. The van der Waals surface area contributed by atoms with E-state index in [2.05, 4.69) is 19.2 Å². The minimum Gasteiger partial charge on any atom is -0.327 e. The maximum Gasteiger partial charge on any atom is 0.279 e. The summed E-state index contributed by atoms with van der Waals surface area (Å²) in [6.45, 7) is 8.09. The number of rotatable bonds is 5. The van der Waals surface area contributed by atoms with Crippen molar-refractivity contribution in [1.82, 2.24) is 4.31 Å². The van der Waals surface area contributed by atoms with Gasteiger partial charge in [0, 0.05) is 30.6 Å². The lowest BCUT2D eigenvalue weighted by Crippen LogP contribution is -3.15. The van der Waals surface area contributed by atoms with E-state index in [0.717, 1.165) is 25.9 Å². The molecular formula is C19H30N3O3S+. The molecule has 2 saturated heterocycles. The van der Waals surface area contributed by atoms with Crippen LogP contribution in [0.4, 0.5) is 5.69 Å². The van der Waals surface area contributed by atoms with Gasteiger partial charge in [0.25, 0.3) is 5.91 Å². The zero-order valence-corrected chi connectivity index (χ0v) is 16.5. The fraction of sp³-hybridized carbons (Fsp3) is 0.632. The Bertz CT molecular complexity index is 734. The lowest BCUT2D eigenvalue weighted by atomic mass is 9.92. The molecule has 0 saturated carbocycles. The molecule has 0 bridgehead atoms. The minimum atomic E-state index is -3.46. The normalized spacial score (nSPS) is 27.4. The molecule has 1 unspecified atom stereocenters. The predicted molar refractivity (Wildman–Crippen MR) is 102 cm³/mol. The summed E-state index contributed by atoms with van der Waals surface area (Å²) in [5, 5.41) is 2.88. The summed E-state index contributed by atoms with van der Waals surface area (Å²) in [6, 6.07) is 6.61. The number of piperidine rings is 1. The number of sulfonamides is 1. The molecule has 0 aromatic heterocycles. The smallest absolute Gasteiger partial charge is 0.279 e. The Morgan fingerprint density at radius 1 is 1.19 bits per heavy atom. The molecular weight excluding hydrogens is 350 g/mol. The number of benzene rings is 1. The first kappa shape index (κ1) is 19.3. The predicted octanol–water partition coefficient (Wildman–Crippen LogP) is 0.970. The lowest BCUT2D eigenvalue weighted by Gasteiger charge is -2.31. The van der Waals surface area contributed by atoms with E-state index in [0.29, 0.717) is 37.2 Å². The van der Waals surface area contributed by atoms with Crippen LogP contribution in [0.5, 0.6) is 0 Å². The number of hydrogen-bond donors (Lipinski definition) is 2. The molecule has 144 valence electrons. The number of anilines is 1. The number of carbonyl (C=O) groups is 1. The van der Waals surface area contributed by atoms with E-state index in [9.17, 15) is 13.2 Å². The fourth-order valence-electron chi connectivity index (χ4n) is 4.31. The Kier molecular flexibility index (Phi) is 5.99. The van der Waals surface area contributed by atoms with Crippen LogP contribution in [0, 0.1) is 11.8 Å². The van der Waals surface area contributed by atoms with E-state index in [4.69, 9.17) is 0 Å². The van der Waals surface area contributed by atoms with Crippen molar-refractivity contribution in [3.05, 3.63) is 24.3 Å². The van der Waals surface area contributed by atoms with Gasteiger partial charge in [-0.3, -0.25) is 4.79 Å². The van der Waals surface area contributed by atoms with Gasteiger partial charge in [0.05, 0.1) is 18.0 Å². The van der Waals surface area contributed by atoms with Crippen LogP contribution in [0.15, 0.2) is 29.2 Å². The number of amides is 1. The third-order valence-corrected chi connectivity index (χ3v) is 7.20. The summed E-state index contributed by atoms with van der Waals surface area (Å²) in [7, 11) is -3.46. The molecule has 1 aromatic rings. The average Bonchev–Trinajstić information content (AvgIpc) is 3.09. The van der Waals surface area contributed by atoms with Crippen molar-refractivity contribution < 1.29 is 18.1 Å².